The van der Waals surface area contributed by atoms with Gasteiger partial charge in [-0.3, -0.25) is 4.79 Å². The number of carbonyl (C=O) groups is 1. The van der Waals surface area contributed by atoms with E-state index in [4.69, 9.17) is 14.2 Å². The number of ether oxygens (including phenoxy) is 3. The Morgan fingerprint density at radius 2 is 1.77 bits per heavy atom. The van der Waals surface area contributed by atoms with Crippen LogP contribution in [0.15, 0.2) is 52.4 Å². The summed E-state index contributed by atoms with van der Waals surface area (Å²) in [5.74, 6) is 1.74. The minimum atomic E-state index is -0.202. The predicted molar refractivity (Wildman–Crippen MR) is 103 cm³/mol. The molecule has 1 aliphatic heterocycles. The Morgan fingerprint density at radius 1 is 1.00 bits per heavy atom. The molecule has 0 aromatic heterocycles. The summed E-state index contributed by atoms with van der Waals surface area (Å²) in [6, 6.07) is 12.8. The number of hydrogen-bond donors (Lipinski definition) is 1. The van der Waals surface area contributed by atoms with Crippen molar-refractivity contribution in [1.29, 1.82) is 0 Å². The zero-order chi connectivity index (χ0) is 18.5. The molecule has 0 saturated carbocycles. The van der Waals surface area contributed by atoms with E-state index in [0.717, 1.165) is 17.0 Å². The number of nitrogens with one attached hydrogen (secondary N) is 1. The molecule has 6 nitrogen and oxygen atoms in total. The third-order valence-corrected chi connectivity index (χ3v) is 4.58. The normalized spacial score (nSPS) is 16.7. The molecule has 1 aliphatic rings. The molecule has 26 heavy (non-hydrogen) atoms. The first-order valence-electron chi connectivity index (χ1n) is 7.79. The molecule has 0 spiro atoms. The molecule has 2 aromatic rings. The van der Waals surface area contributed by atoms with E-state index >= 15 is 0 Å². The molecule has 0 atom stereocenters. The lowest BCUT2D eigenvalue weighted by molar-refractivity contribution is -0.115. The molecule has 1 amide bonds. The summed E-state index contributed by atoms with van der Waals surface area (Å²) in [6.07, 6.45) is 1.76. The van der Waals surface area contributed by atoms with Gasteiger partial charge in [-0.2, -0.15) is 0 Å². The summed E-state index contributed by atoms with van der Waals surface area (Å²) in [5.41, 5.74) is 1.49. The van der Waals surface area contributed by atoms with E-state index < -0.39 is 0 Å². The summed E-state index contributed by atoms with van der Waals surface area (Å²) in [7, 11) is 4.75. The summed E-state index contributed by atoms with van der Waals surface area (Å²) >= 11 is 1.27. The molecule has 134 valence electrons. The second-order valence-corrected chi connectivity index (χ2v) is 6.29. The highest BCUT2D eigenvalue weighted by atomic mass is 32.2. The number of amides is 1. The quantitative estimate of drug-likeness (QED) is 0.815. The van der Waals surface area contributed by atoms with Gasteiger partial charge in [0.15, 0.2) is 16.7 Å². The lowest BCUT2D eigenvalue weighted by atomic mass is 10.1. The van der Waals surface area contributed by atoms with Crippen LogP contribution >= 0.6 is 11.8 Å². The largest absolute Gasteiger partial charge is 0.497 e. The molecular formula is C19H18N2O4S. The van der Waals surface area contributed by atoms with Gasteiger partial charge in [0.1, 0.15) is 5.75 Å². The van der Waals surface area contributed by atoms with Crippen molar-refractivity contribution in [3.05, 3.63) is 52.9 Å². The van der Waals surface area contributed by atoms with Crippen molar-refractivity contribution >= 4 is 34.6 Å². The van der Waals surface area contributed by atoms with Gasteiger partial charge in [0.2, 0.25) is 0 Å². The first-order chi connectivity index (χ1) is 12.6. The molecule has 2 aromatic carbocycles. The summed E-state index contributed by atoms with van der Waals surface area (Å²) in [5, 5.41) is 3.29. The van der Waals surface area contributed by atoms with Gasteiger partial charge in [0.05, 0.1) is 31.9 Å². The highest BCUT2D eigenvalue weighted by molar-refractivity contribution is 8.18. The first-order valence-corrected chi connectivity index (χ1v) is 8.61. The van der Waals surface area contributed by atoms with Crippen LogP contribution in [-0.4, -0.2) is 32.4 Å². The zero-order valence-corrected chi connectivity index (χ0v) is 15.4. The number of methoxy groups -OCH3 is 3. The number of rotatable bonds is 5. The third kappa shape index (κ3) is 3.83. The Hall–Kier alpha value is -2.93. The van der Waals surface area contributed by atoms with Crippen LogP contribution in [0.5, 0.6) is 17.2 Å². The number of nitrogens with zero attached hydrogens (tertiary/aromatic N) is 1. The summed E-state index contributed by atoms with van der Waals surface area (Å²) < 4.78 is 15.8. The van der Waals surface area contributed by atoms with Crippen LogP contribution in [-0.2, 0) is 4.79 Å². The Balaban J connectivity index is 1.85. The molecular weight excluding hydrogens is 352 g/mol. The van der Waals surface area contributed by atoms with Crippen LogP contribution in [0.4, 0.5) is 5.69 Å². The van der Waals surface area contributed by atoms with Gasteiger partial charge < -0.3 is 19.5 Å². The monoisotopic (exact) mass is 370 g/mol. The fourth-order valence-electron chi connectivity index (χ4n) is 2.42. The fourth-order valence-corrected chi connectivity index (χ4v) is 3.25. The number of thioether (sulfide) groups is 1. The summed E-state index contributed by atoms with van der Waals surface area (Å²) in [6.45, 7) is 0. The number of benzene rings is 2. The van der Waals surface area contributed by atoms with Crippen molar-refractivity contribution in [2.45, 2.75) is 0 Å². The Bertz CT molecular complexity index is 876. The number of para-hydroxylation sites is 1. The Kier molecular flexibility index (Phi) is 5.48. The molecule has 0 bridgehead atoms. The number of hydrogen-bond acceptors (Lipinski definition) is 6. The predicted octanol–water partition coefficient (Wildman–Crippen LogP) is 3.60. The Labute approximate surface area is 155 Å². The number of aliphatic imine (C=N–C) groups is 1. The van der Waals surface area contributed by atoms with Gasteiger partial charge >= 0.3 is 0 Å². The standard InChI is InChI=1S/C19H18N2O4S/c1-23-14-9-7-13(8-10-14)20-19-21-18(22)16(26-19)11-12-5-4-6-15(24-2)17(12)25-3/h4-11H,1-3H3,(H,20,21,22)/b16-11+. The molecule has 1 heterocycles. The van der Waals surface area contributed by atoms with Gasteiger partial charge in [0, 0.05) is 5.56 Å². The average molecular weight is 370 g/mol. The third-order valence-electron chi connectivity index (χ3n) is 3.67. The van der Waals surface area contributed by atoms with E-state index in [1.807, 2.05) is 36.4 Å². The van der Waals surface area contributed by atoms with E-state index in [1.165, 1.54) is 11.8 Å². The molecule has 0 aliphatic carbocycles. The highest BCUT2D eigenvalue weighted by Gasteiger charge is 2.24. The van der Waals surface area contributed by atoms with E-state index in [9.17, 15) is 4.79 Å². The van der Waals surface area contributed by atoms with Crippen LogP contribution < -0.4 is 19.5 Å². The van der Waals surface area contributed by atoms with Crippen molar-refractivity contribution in [1.82, 2.24) is 5.32 Å². The minimum absolute atomic E-state index is 0.202. The number of carbonyl (C=O) groups excluding carboxylic acids is 1. The first kappa shape index (κ1) is 17.9. The lowest BCUT2D eigenvalue weighted by Gasteiger charge is -2.10. The topological polar surface area (TPSA) is 69.2 Å². The Morgan fingerprint density at radius 3 is 2.42 bits per heavy atom. The SMILES string of the molecule is COc1ccc(N=C2NC(=O)/C(=C\c3cccc(OC)c3OC)S2)cc1. The van der Waals surface area contributed by atoms with Crippen LogP contribution in [0.1, 0.15) is 5.56 Å². The highest BCUT2D eigenvalue weighted by Crippen LogP contribution is 2.35. The van der Waals surface area contributed by atoms with Gasteiger partial charge in [-0.05, 0) is 48.2 Å². The molecule has 0 unspecified atom stereocenters. The van der Waals surface area contributed by atoms with Crippen molar-refractivity contribution in [3.63, 3.8) is 0 Å². The minimum Gasteiger partial charge on any atom is -0.497 e. The molecule has 0 radical (unpaired) electrons. The van der Waals surface area contributed by atoms with Gasteiger partial charge in [0.25, 0.3) is 5.91 Å². The smallest absolute Gasteiger partial charge is 0.264 e. The molecule has 1 fully saturated rings. The second-order valence-electron chi connectivity index (χ2n) is 5.26. The van der Waals surface area contributed by atoms with E-state index in [0.29, 0.717) is 21.6 Å². The lowest BCUT2D eigenvalue weighted by Crippen LogP contribution is -2.19. The second kappa shape index (κ2) is 7.97. The zero-order valence-electron chi connectivity index (χ0n) is 14.6. The van der Waals surface area contributed by atoms with E-state index in [2.05, 4.69) is 10.3 Å². The van der Waals surface area contributed by atoms with E-state index in [-0.39, 0.29) is 5.91 Å². The maximum absolute atomic E-state index is 12.3. The van der Waals surface area contributed by atoms with Crippen molar-refractivity contribution in [2.24, 2.45) is 4.99 Å². The summed E-state index contributed by atoms with van der Waals surface area (Å²) in [4.78, 5) is 17.2. The van der Waals surface area contributed by atoms with Gasteiger partial charge in [-0.25, -0.2) is 4.99 Å². The average Bonchev–Trinajstić information content (AvgIpc) is 3.01. The number of amidine groups is 1. The van der Waals surface area contributed by atoms with E-state index in [1.54, 1.807) is 33.5 Å². The van der Waals surface area contributed by atoms with Crippen LogP contribution in [0, 0.1) is 0 Å². The fraction of sp³-hybridized carbons (Fsp3) is 0.158. The van der Waals surface area contributed by atoms with Crippen molar-refractivity contribution in [3.8, 4) is 17.2 Å². The van der Waals surface area contributed by atoms with Crippen LogP contribution in [0.25, 0.3) is 6.08 Å². The maximum Gasteiger partial charge on any atom is 0.264 e. The van der Waals surface area contributed by atoms with Gasteiger partial charge in [-0.1, -0.05) is 12.1 Å². The van der Waals surface area contributed by atoms with Crippen molar-refractivity contribution in [2.75, 3.05) is 21.3 Å². The molecule has 7 heteroatoms. The van der Waals surface area contributed by atoms with Crippen molar-refractivity contribution < 1.29 is 19.0 Å². The van der Waals surface area contributed by atoms with Crippen LogP contribution in [0.2, 0.25) is 0 Å². The molecule has 1 N–H and O–H groups in total. The molecule has 1 saturated heterocycles. The van der Waals surface area contributed by atoms with Crippen LogP contribution in [0.3, 0.4) is 0 Å². The maximum atomic E-state index is 12.3. The molecule has 3 rings (SSSR count). The van der Waals surface area contributed by atoms with Gasteiger partial charge in [-0.15, -0.1) is 0 Å².